The molecule has 1 N–H and O–H groups in total. The van der Waals surface area contributed by atoms with Gasteiger partial charge in [0.05, 0.1) is 24.8 Å². The third-order valence-electron chi connectivity index (χ3n) is 6.42. The van der Waals surface area contributed by atoms with E-state index in [2.05, 4.69) is 5.32 Å². The van der Waals surface area contributed by atoms with Gasteiger partial charge in [-0.05, 0) is 48.7 Å². The monoisotopic (exact) mass is 601 g/mol. The largest absolute Gasteiger partial charge is 0.493 e. The number of methoxy groups -OCH3 is 2. The maximum absolute atomic E-state index is 14.0. The Labute approximate surface area is 247 Å². The second-order valence-electron chi connectivity index (χ2n) is 9.79. The van der Waals surface area contributed by atoms with Crippen LogP contribution in [0, 0.1) is 5.92 Å². The van der Waals surface area contributed by atoms with E-state index in [1.165, 1.54) is 37.3 Å². The summed E-state index contributed by atoms with van der Waals surface area (Å²) in [6.07, 6.45) is 0. The lowest BCUT2D eigenvalue weighted by Gasteiger charge is -2.32. The summed E-state index contributed by atoms with van der Waals surface area (Å²) in [6.45, 7) is 5.42. The molecule has 1 atom stereocenters. The number of carbonyl (C=O) groups excluding carboxylic acids is 2. The van der Waals surface area contributed by atoms with Crippen LogP contribution < -0.4 is 19.1 Å². The third-order valence-corrected chi connectivity index (χ3v) is 8.55. The molecule has 0 unspecified atom stereocenters. The van der Waals surface area contributed by atoms with Crippen LogP contribution in [0.4, 0.5) is 5.69 Å². The van der Waals surface area contributed by atoms with E-state index in [0.717, 1.165) is 4.31 Å². The van der Waals surface area contributed by atoms with Crippen LogP contribution in [0.15, 0.2) is 77.7 Å². The summed E-state index contributed by atoms with van der Waals surface area (Å²) in [4.78, 5) is 28.3. The summed E-state index contributed by atoms with van der Waals surface area (Å²) in [6, 6.07) is 18.6. The van der Waals surface area contributed by atoms with Crippen molar-refractivity contribution in [3.63, 3.8) is 0 Å². The molecule has 0 aliphatic rings. The van der Waals surface area contributed by atoms with Crippen LogP contribution in [0.2, 0.25) is 5.02 Å². The van der Waals surface area contributed by atoms with E-state index in [4.69, 9.17) is 21.1 Å². The smallest absolute Gasteiger partial charge is 0.264 e. The summed E-state index contributed by atoms with van der Waals surface area (Å²) >= 11 is 6.40. The summed E-state index contributed by atoms with van der Waals surface area (Å²) in [5, 5.41) is 3.29. The molecule has 0 aliphatic carbocycles. The van der Waals surface area contributed by atoms with Gasteiger partial charge < -0.3 is 19.7 Å². The van der Waals surface area contributed by atoms with Gasteiger partial charge in [0.2, 0.25) is 11.8 Å². The Balaban J connectivity index is 2.04. The average molecular weight is 602 g/mol. The number of rotatable bonds is 13. The molecule has 9 nitrogen and oxygen atoms in total. The highest BCUT2D eigenvalue weighted by molar-refractivity contribution is 7.92. The minimum atomic E-state index is -4.27. The van der Waals surface area contributed by atoms with Crippen molar-refractivity contribution in [2.24, 2.45) is 5.92 Å². The zero-order valence-electron chi connectivity index (χ0n) is 23.8. The van der Waals surface area contributed by atoms with Crippen molar-refractivity contribution in [2.75, 3.05) is 31.6 Å². The van der Waals surface area contributed by atoms with Crippen molar-refractivity contribution in [3.05, 3.63) is 83.4 Å². The molecular weight excluding hydrogens is 566 g/mol. The fourth-order valence-corrected chi connectivity index (χ4v) is 5.70. The lowest BCUT2D eigenvalue weighted by atomic mass is 10.1. The molecule has 2 amide bonds. The van der Waals surface area contributed by atoms with Crippen LogP contribution in [0.5, 0.6) is 11.5 Å². The van der Waals surface area contributed by atoms with E-state index in [-0.39, 0.29) is 34.7 Å². The van der Waals surface area contributed by atoms with E-state index >= 15 is 0 Å². The first kappa shape index (κ1) is 31.8. The van der Waals surface area contributed by atoms with Gasteiger partial charge in [0, 0.05) is 24.2 Å². The Morgan fingerprint density at radius 1 is 0.902 bits per heavy atom. The number of sulfonamides is 1. The Morgan fingerprint density at radius 3 is 2.15 bits per heavy atom. The molecule has 3 rings (SSSR count). The van der Waals surface area contributed by atoms with Crippen LogP contribution in [0.25, 0.3) is 0 Å². The quantitative estimate of drug-likeness (QED) is 0.303. The van der Waals surface area contributed by atoms with Crippen molar-refractivity contribution < 1.29 is 27.5 Å². The minimum Gasteiger partial charge on any atom is -0.493 e. The molecule has 0 spiro atoms. The Morgan fingerprint density at radius 2 is 1.54 bits per heavy atom. The van der Waals surface area contributed by atoms with Crippen molar-refractivity contribution in [2.45, 2.75) is 38.3 Å². The molecule has 0 aliphatic heterocycles. The van der Waals surface area contributed by atoms with Crippen LogP contribution in [0.1, 0.15) is 26.3 Å². The highest BCUT2D eigenvalue weighted by Gasteiger charge is 2.33. The third kappa shape index (κ3) is 7.92. The van der Waals surface area contributed by atoms with Gasteiger partial charge in [0.15, 0.2) is 11.5 Å². The van der Waals surface area contributed by atoms with Gasteiger partial charge in [-0.3, -0.25) is 13.9 Å². The van der Waals surface area contributed by atoms with Gasteiger partial charge >= 0.3 is 0 Å². The van der Waals surface area contributed by atoms with Crippen molar-refractivity contribution in [3.8, 4) is 11.5 Å². The zero-order valence-corrected chi connectivity index (χ0v) is 25.4. The summed E-state index contributed by atoms with van der Waals surface area (Å²) in [5.74, 6) is -0.137. The number of nitrogens with zero attached hydrogens (tertiary/aromatic N) is 2. The molecule has 220 valence electrons. The van der Waals surface area contributed by atoms with Crippen molar-refractivity contribution in [1.82, 2.24) is 10.2 Å². The lowest BCUT2D eigenvalue weighted by molar-refractivity contribution is -0.139. The number of amides is 2. The number of benzene rings is 3. The summed E-state index contributed by atoms with van der Waals surface area (Å²) in [7, 11) is -1.41. The number of anilines is 1. The normalized spacial score (nSPS) is 12.0. The highest BCUT2D eigenvalue weighted by Crippen LogP contribution is 2.32. The van der Waals surface area contributed by atoms with Crippen LogP contribution in [-0.4, -0.2) is 58.5 Å². The topological polar surface area (TPSA) is 105 Å². The first-order valence-corrected chi connectivity index (χ1v) is 14.9. The number of hydrogen-bond acceptors (Lipinski definition) is 6. The number of hydrogen-bond donors (Lipinski definition) is 1. The Hall–Kier alpha value is -3.76. The van der Waals surface area contributed by atoms with E-state index in [9.17, 15) is 18.0 Å². The maximum Gasteiger partial charge on any atom is 0.264 e. The number of nitrogens with one attached hydrogen (secondary N) is 1. The molecule has 0 fully saturated rings. The van der Waals surface area contributed by atoms with Crippen LogP contribution in [0.3, 0.4) is 0 Å². The second kappa shape index (κ2) is 14.2. The zero-order chi connectivity index (χ0) is 30.2. The fraction of sp³-hybridized carbons (Fsp3) is 0.333. The average Bonchev–Trinajstić information content (AvgIpc) is 2.97. The maximum atomic E-state index is 14.0. The predicted octanol–water partition coefficient (Wildman–Crippen LogP) is 4.74. The van der Waals surface area contributed by atoms with E-state index in [1.807, 2.05) is 13.8 Å². The fourth-order valence-electron chi connectivity index (χ4n) is 4.07. The van der Waals surface area contributed by atoms with Crippen LogP contribution in [-0.2, 0) is 26.2 Å². The number of halogens is 1. The molecule has 3 aromatic rings. The molecule has 0 aromatic heterocycles. The van der Waals surface area contributed by atoms with Gasteiger partial charge in [-0.15, -0.1) is 0 Å². The molecule has 0 saturated carbocycles. The molecule has 11 heteroatoms. The first-order valence-electron chi connectivity index (χ1n) is 13.1. The number of para-hydroxylation sites is 1. The summed E-state index contributed by atoms with van der Waals surface area (Å²) < 4.78 is 39.6. The van der Waals surface area contributed by atoms with Gasteiger partial charge in [0.25, 0.3) is 10.0 Å². The molecule has 0 radical (unpaired) electrons. The van der Waals surface area contributed by atoms with E-state index in [1.54, 1.807) is 61.5 Å². The molecular formula is C30H36ClN3O6S. The SMILES string of the molecule is COc1ccc(S(=O)(=O)N(CC(=O)N(Cc2ccccc2Cl)[C@@H](C)C(=O)NCC(C)C)c2ccccc2)cc1OC. The standard InChI is InChI=1S/C30H36ClN3O6S/c1-21(2)18-32-30(36)22(3)33(19-23-11-9-10-14-26(23)31)29(35)20-34(24-12-7-6-8-13-24)41(37,38)25-15-16-27(39-4)28(17-25)40-5/h6-17,21-22H,18-20H2,1-5H3,(H,32,36)/t22-/m0/s1. The van der Waals surface area contributed by atoms with Gasteiger partial charge in [-0.1, -0.05) is 61.8 Å². The van der Waals surface area contributed by atoms with Crippen LogP contribution >= 0.6 is 11.6 Å². The second-order valence-corrected chi connectivity index (χ2v) is 12.1. The number of ether oxygens (including phenoxy) is 2. The van der Waals surface area contributed by atoms with Gasteiger partial charge in [-0.2, -0.15) is 0 Å². The summed E-state index contributed by atoms with van der Waals surface area (Å²) in [5.41, 5.74) is 0.908. The molecule has 41 heavy (non-hydrogen) atoms. The highest BCUT2D eigenvalue weighted by atomic mass is 35.5. The Bertz CT molecular complexity index is 1450. The van der Waals surface area contributed by atoms with Gasteiger partial charge in [0.1, 0.15) is 12.6 Å². The van der Waals surface area contributed by atoms with Crippen molar-refractivity contribution in [1.29, 1.82) is 0 Å². The molecule has 0 saturated heterocycles. The lowest BCUT2D eigenvalue weighted by Crippen LogP contribution is -2.51. The molecule has 3 aromatic carbocycles. The Kier molecular flexibility index (Phi) is 11.0. The minimum absolute atomic E-state index is 0.00775. The van der Waals surface area contributed by atoms with E-state index < -0.39 is 28.5 Å². The number of carbonyl (C=O) groups is 2. The van der Waals surface area contributed by atoms with E-state index in [0.29, 0.717) is 22.9 Å². The predicted molar refractivity (Wildman–Crippen MR) is 160 cm³/mol. The molecule has 0 bridgehead atoms. The first-order chi connectivity index (χ1) is 19.5. The van der Waals surface area contributed by atoms with Crippen molar-refractivity contribution >= 4 is 39.1 Å². The van der Waals surface area contributed by atoms with Gasteiger partial charge in [-0.25, -0.2) is 8.42 Å². The molecule has 0 heterocycles.